The lowest BCUT2D eigenvalue weighted by atomic mass is 10.1. The van der Waals surface area contributed by atoms with Crippen molar-refractivity contribution in [3.05, 3.63) is 47.6 Å². The molecule has 0 amide bonds. The molecule has 1 aromatic heterocycles. The fourth-order valence-electron chi connectivity index (χ4n) is 2.35. The standard InChI is InChI=1S/C19H29N5O.HI/c1-4-20-19(21-13-8-11-16-9-6-5-7-10-16)22-14-12-17-23-18(15(2)3)24-25-17;/h5-7,9-10,15H,4,8,11-14H2,1-3H3,(H2,20,21,22);1H. The van der Waals surface area contributed by atoms with Gasteiger partial charge in [-0.15, -0.1) is 24.0 Å². The lowest BCUT2D eigenvalue weighted by molar-refractivity contribution is 0.371. The Morgan fingerprint density at radius 1 is 1.15 bits per heavy atom. The summed E-state index contributed by atoms with van der Waals surface area (Å²) in [7, 11) is 0. The smallest absolute Gasteiger partial charge is 0.228 e. The Hall–Kier alpha value is -1.64. The average molecular weight is 471 g/mol. The highest BCUT2D eigenvalue weighted by Gasteiger charge is 2.09. The third-order valence-corrected chi connectivity index (χ3v) is 3.71. The molecule has 2 rings (SSSR count). The summed E-state index contributed by atoms with van der Waals surface area (Å²) < 4.78 is 5.25. The molecule has 0 spiro atoms. The van der Waals surface area contributed by atoms with E-state index in [1.54, 1.807) is 0 Å². The zero-order valence-corrected chi connectivity index (χ0v) is 18.2. The van der Waals surface area contributed by atoms with Crippen LogP contribution in [0, 0.1) is 0 Å². The van der Waals surface area contributed by atoms with Crippen molar-refractivity contribution in [1.29, 1.82) is 0 Å². The lowest BCUT2D eigenvalue weighted by Gasteiger charge is -2.10. The number of halogens is 1. The van der Waals surface area contributed by atoms with E-state index in [0.717, 1.165) is 37.7 Å². The van der Waals surface area contributed by atoms with Gasteiger partial charge >= 0.3 is 0 Å². The van der Waals surface area contributed by atoms with Gasteiger partial charge in [0.1, 0.15) is 0 Å². The van der Waals surface area contributed by atoms with E-state index in [0.29, 0.717) is 18.9 Å². The fraction of sp³-hybridized carbons (Fsp3) is 0.526. The maximum Gasteiger partial charge on any atom is 0.228 e. The molecule has 2 N–H and O–H groups in total. The number of benzene rings is 1. The van der Waals surface area contributed by atoms with Crippen molar-refractivity contribution in [1.82, 2.24) is 20.8 Å². The van der Waals surface area contributed by atoms with Crippen LogP contribution in [-0.2, 0) is 12.8 Å². The summed E-state index contributed by atoms with van der Waals surface area (Å²) in [4.78, 5) is 9.00. The molecule has 144 valence electrons. The van der Waals surface area contributed by atoms with Crippen LogP contribution < -0.4 is 10.6 Å². The van der Waals surface area contributed by atoms with Gasteiger partial charge in [0, 0.05) is 32.0 Å². The number of guanidine groups is 1. The van der Waals surface area contributed by atoms with Gasteiger partial charge in [0.25, 0.3) is 0 Å². The number of rotatable bonds is 9. The summed E-state index contributed by atoms with van der Waals surface area (Å²) in [6.07, 6.45) is 2.76. The summed E-state index contributed by atoms with van der Waals surface area (Å²) in [6.45, 7) is 8.51. The number of nitrogens with one attached hydrogen (secondary N) is 2. The van der Waals surface area contributed by atoms with Crippen LogP contribution in [0.1, 0.15) is 50.4 Å². The van der Waals surface area contributed by atoms with Crippen LogP contribution in [0.4, 0.5) is 0 Å². The van der Waals surface area contributed by atoms with E-state index < -0.39 is 0 Å². The first-order valence-corrected chi connectivity index (χ1v) is 9.07. The number of nitrogens with zero attached hydrogens (tertiary/aromatic N) is 3. The highest BCUT2D eigenvalue weighted by molar-refractivity contribution is 14.0. The molecule has 0 aliphatic rings. The molecule has 0 bridgehead atoms. The Balaban J connectivity index is 0.00000338. The van der Waals surface area contributed by atoms with Gasteiger partial charge in [0.2, 0.25) is 5.89 Å². The fourth-order valence-corrected chi connectivity index (χ4v) is 2.35. The molecule has 0 saturated heterocycles. The van der Waals surface area contributed by atoms with Gasteiger partial charge in [0.15, 0.2) is 11.8 Å². The minimum Gasteiger partial charge on any atom is -0.357 e. The van der Waals surface area contributed by atoms with E-state index >= 15 is 0 Å². The highest BCUT2D eigenvalue weighted by atomic mass is 127. The molecular weight excluding hydrogens is 441 g/mol. The monoisotopic (exact) mass is 471 g/mol. The predicted molar refractivity (Wildman–Crippen MR) is 116 cm³/mol. The number of aryl methyl sites for hydroxylation is 1. The van der Waals surface area contributed by atoms with Crippen molar-refractivity contribution in [3.8, 4) is 0 Å². The normalized spacial score (nSPS) is 11.3. The molecule has 0 atom stereocenters. The first kappa shape index (κ1) is 22.4. The van der Waals surface area contributed by atoms with Crippen molar-refractivity contribution in [2.24, 2.45) is 4.99 Å². The Morgan fingerprint density at radius 3 is 2.58 bits per heavy atom. The van der Waals surface area contributed by atoms with Crippen LogP contribution in [0.15, 0.2) is 39.8 Å². The van der Waals surface area contributed by atoms with E-state index in [2.05, 4.69) is 70.8 Å². The zero-order chi connectivity index (χ0) is 17.9. The van der Waals surface area contributed by atoms with Gasteiger partial charge < -0.3 is 15.2 Å². The van der Waals surface area contributed by atoms with Crippen molar-refractivity contribution in [3.63, 3.8) is 0 Å². The molecular formula is C19H30IN5O. The summed E-state index contributed by atoms with van der Waals surface area (Å²) in [5.74, 6) is 2.54. The maximum absolute atomic E-state index is 5.25. The van der Waals surface area contributed by atoms with Crippen molar-refractivity contribution in [2.75, 3.05) is 19.6 Å². The molecule has 0 radical (unpaired) electrons. The summed E-state index contributed by atoms with van der Waals surface area (Å²) >= 11 is 0. The van der Waals surface area contributed by atoms with Crippen LogP contribution in [0.5, 0.6) is 0 Å². The maximum atomic E-state index is 5.25. The summed E-state index contributed by atoms with van der Waals surface area (Å²) in [6, 6.07) is 10.5. The minimum atomic E-state index is 0. The molecule has 1 aromatic carbocycles. The van der Waals surface area contributed by atoms with E-state index in [1.807, 2.05) is 6.07 Å². The molecule has 0 saturated carbocycles. The van der Waals surface area contributed by atoms with Crippen molar-refractivity contribution in [2.45, 2.75) is 46.0 Å². The van der Waals surface area contributed by atoms with Gasteiger partial charge in [-0.05, 0) is 25.3 Å². The molecule has 26 heavy (non-hydrogen) atoms. The Kier molecular flexibility index (Phi) is 10.9. The van der Waals surface area contributed by atoms with E-state index in [-0.39, 0.29) is 29.9 Å². The van der Waals surface area contributed by atoms with E-state index in [4.69, 9.17) is 4.52 Å². The Bertz CT molecular complexity index is 642. The van der Waals surface area contributed by atoms with Crippen LogP contribution in [-0.4, -0.2) is 35.7 Å². The van der Waals surface area contributed by atoms with Gasteiger partial charge in [-0.1, -0.05) is 49.3 Å². The van der Waals surface area contributed by atoms with Crippen molar-refractivity contribution >= 4 is 29.9 Å². The summed E-state index contributed by atoms with van der Waals surface area (Å²) in [5, 5.41) is 10.6. The second-order valence-electron chi connectivity index (χ2n) is 6.23. The average Bonchev–Trinajstić information content (AvgIpc) is 3.09. The lowest BCUT2D eigenvalue weighted by Crippen LogP contribution is -2.38. The van der Waals surface area contributed by atoms with Crippen molar-refractivity contribution < 1.29 is 4.52 Å². The molecule has 7 heteroatoms. The number of hydrogen-bond acceptors (Lipinski definition) is 4. The molecule has 0 fully saturated rings. The molecule has 0 unspecified atom stereocenters. The molecule has 1 heterocycles. The third-order valence-electron chi connectivity index (χ3n) is 3.71. The van der Waals surface area contributed by atoms with Gasteiger partial charge in [-0.3, -0.25) is 4.99 Å². The number of aromatic nitrogens is 2. The first-order chi connectivity index (χ1) is 12.2. The third kappa shape index (κ3) is 8.16. The molecule has 6 nitrogen and oxygen atoms in total. The van der Waals surface area contributed by atoms with Crippen LogP contribution in [0.2, 0.25) is 0 Å². The van der Waals surface area contributed by atoms with Gasteiger partial charge in [0.05, 0.1) is 0 Å². The number of hydrogen-bond donors (Lipinski definition) is 2. The first-order valence-electron chi connectivity index (χ1n) is 9.07. The largest absolute Gasteiger partial charge is 0.357 e. The minimum absolute atomic E-state index is 0. The van der Waals surface area contributed by atoms with E-state index in [9.17, 15) is 0 Å². The van der Waals surface area contributed by atoms with Gasteiger partial charge in [-0.25, -0.2) is 0 Å². The second kappa shape index (κ2) is 12.7. The van der Waals surface area contributed by atoms with E-state index in [1.165, 1.54) is 5.56 Å². The van der Waals surface area contributed by atoms with Gasteiger partial charge in [-0.2, -0.15) is 4.98 Å². The van der Waals surface area contributed by atoms with Crippen LogP contribution in [0.25, 0.3) is 0 Å². The number of aliphatic imine (C=N–C) groups is 1. The summed E-state index contributed by atoms with van der Waals surface area (Å²) in [5.41, 5.74) is 1.35. The molecule has 2 aromatic rings. The predicted octanol–water partition coefficient (Wildman–Crippen LogP) is 3.54. The molecule has 0 aliphatic heterocycles. The Labute approximate surface area is 173 Å². The highest BCUT2D eigenvalue weighted by Crippen LogP contribution is 2.09. The molecule has 0 aliphatic carbocycles. The Morgan fingerprint density at radius 2 is 1.92 bits per heavy atom. The quantitative estimate of drug-likeness (QED) is 0.253. The SMILES string of the molecule is CCNC(=NCCCc1ccccc1)NCCc1nc(C(C)C)no1.I. The van der Waals surface area contributed by atoms with Crippen LogP contribution in [0.3, 0.4) is 0 Å². The zero-order valence-electron chi connectivity index (χ0n) is 15.9. The van der Waals surface area contributed by atoms with Crippen LogP contribution >= 0.6 is 24.0 Å². The topological polar surface area (TPSA) is 75.3 Å². The second-order valence-corrected chi connectivity index (χ2v) is 6.23.